The fraction of sp³-hybridized carbons (Fsp3) is 0.417. The molecule has 1 aliphatic heterocycles. The molecule has 0 bridgehead atoms. The predicted octanol–water partition coefficient (Wildman–Crippen LogP) is 0.0449. The Balaban J connectivity index is 0.000000383. The first-order valence-corrected chi connectivity index (χ1v) is 7.86. The van der Waals surface area contributed by atoms with E-state index in [0.29, 0.717) is 0 Å². The highest BCUT2D eigenvalue weighted by molar-refractivity contribution is 7.45. The van der Waals surface area contributed by atoms with Gasteiger partial charge in [-0.2, -0.15) is 5.10 Å². The molecule has 1 aromatic carbocycles. The van der Waals surface area contributed by atoms with E-state index in [-0.39, 0.29) is 5.75 Å². The van der Waals surface area contributed by atoms with E-state index in [1.54, 1.807) is 12.3 Å². The number of hydrogen-bond donors (Lipinski definition) is 4. The molecule has 0 unspecified atom stereocenters. The molecule has 21 heavy (non-hydrogen) atoms. The molecule has 0 aliphatic carbocycles. The number of nitrogens with zero attached hydrogens (tertiary/aromatic N) is 3. The second-order valence-electron chi connectivity index (χ2n) is 4.57. The average Bonchev–Trinajstić information content (AvgIpc) is 2.38. The maximum absolute atomic E-state index is 9.56. The van der Waals surface area contributed by atoms with Crippen molar-refractivity contribution in [3.05, 3.63) is 29.8 Å². The van der Waals surface area contributed by atoms with Gasteiger partial charge in [0.2, 0.25) is 0 Å². The van der Waals surface area contributed by atoms with Crippen LogP contribution in [0.4, 0.5) is 0 Å². The maximum Gasteiger partial charge on any atom is 0.466 e. The smallest absolute Gasteiger partial charge is 0.466 e. The summed E-state index contributed by atoms with van der Waals surface area (Å²) in [4.78, 5) is 23.8. The minimum Gasteiger partial charge on any atom is -0.507 e. The summed E-state index contributed by atoms with van der Waals surface area (Å²) in [5, 5.41) is 16.0. The molecule has 1 heterocycles. The van der Waals surface area contributed by atoms with Gasteiger partial charge in [0.25, 0.3) is 0 Å². The van der Waals surface area contributed by atoms with Crippen LogP contribution < -0.4 is 0 Å². The lowest BCUT2D eigenvalue weighted by Crippen LogP contribution is -2.41. The van der Waals surface area contributed by atoms with E-state index in [9.17, 15) is 5.11 Å². The summed E-state index contributed by atoms with van der Waals surface area (Å²) >= 11 is 0. The van der Waals surface area contributed by atoms with Gasteiger partial charge in [-0.15, -0.1) is 0 Å². The number of likely N-dealkylation sites (N-methyl/N-ethyl adjacent to an activating group) is 1. The summed E-state index contributed by atoms with van der Waals surface area (Å²) in [5.74, 6) is 0.278. The number of hydrazone groups is 1. The van der Waals surface area contributed by atoms with Gasteiger partial charge in [-0.05, 0) is 19.2 Å². The normalized spacial score (nSPS) is 16.7. The fourth-order valence-electron chi connectivity index (χ4n) is 1.65. The lowest BCUT2D eigenvalue weighted by Gasteiger charge is -2.30. The molecule has 8 nitrogen and oxygen atoms in total. The number of phenols is 1. The predicted molar refractivity (Wildman–Crippen MR) is 79.0 cm³/mol. The summed E-state index contributed by atoms with van der Waals surface area (Å²) in [6.45, 7) is 3.97. The van der Waals surface area contributed by atoms with E-state index in [2.05, 4.69) is 17.0 Å². The molecule has 1 saturated heterocycles. The third kappa shape index (κ3) is 8.44. The van der Waals surface area contributed by atoms with Gasteiger partial charge in [-0.1, -0.05) is 12.1 Å². The van der Waals surface area contributed by atoms with Gasteiger partial charge in [0, 0.05) is 31.7 Å². The molecule has 1 aromatic rings. The van der Waals surface area contributed by atoms with E-state index in [1.165, 1.54) is 0 Å². The van der Waals surface area contributed by atoms with Gasteiger partial charge in [0.1, 0.15) is 5.75 Å². The Morgan fingerprint density at radius 2 is 1.67 bits per heavy atom. The first-order chi connectivity index (χ1) is 9.75. The number of rotatable bonds is 2. The zero-order valence-electron chi connectivity index (χ0n) is 11.7. The number of hydrogen-bond acceptors (Lipinski definition) is 5. The molecule has 0 radical (unpaired) electrons. The van der Waals surface area contributed by atoms with E-state index < -0.39 is 7.82 Å². The second kappa shape index (κ2) is 8.11. The van der Waals surface area contributed by atoms with E-state index >= 15 is 0 Å². The van der Waals surface area contributed by atoms with Gasteiger partial charge < -0.3 is 24.7 Å². The van der Waals surface area contributed by atoms with Crippen molar-refractivity contribution in [1.29, 1.82) is 0 Å². The van der Waals surface area contributed by atoms with Gasteiger partial charge >= 0.3 is 7.82 Å². The van der Waals surface area contributed by atoms with E-state index in [0.717, 1.165) is 31.7 Å². The first kappa shape index (κ1) is 17.6. The number of phenolic OH excluding ortho intramolecular Hbond substituents is 1. The van der Waals surface area contributed by atoms with Gasteiger partial charge in [0.05, 0.1) is 6.21 Å². The second-order valence-corrected chi connectivity index (χ2v) is 5.60. The van der Waals surface area contributed by atoms with Crippen LogP contribution in [0.2, 0.25) is 0 Å². The highest BCUT2D eigenvalue weighted by Crippen LogP contribution is 2.25. The van der Waals surface area contributed by atoms with Crippen LogP contribution in [0.25, 0.3) is 0 Å². The Hall–Kier alpha value is -1.44. The van der Waals surface area contributed by atoms with Crippen LogP contribution in [0.3, 0.4) is 0 Å². The zero-order chi connectivity index (χ0) is 15.9. The van der Waals surface area contributed by atoms with Crippen molar-refractivity contribution >= 4 is 14.0 Å². The molecule has 1 fully saturated rings. The molecular formula is C12H20N3O5P. The van der Waals surface area contributed by atoms with Crippen molar-refractivity contribution in [3.8, 4) is 5.75 Å². The first-order valence-electron chi connectivity index (χ1n) is 6.29. The third-order valence-corrected chi connectivity index (χ3v) is 2.78. The van der Waals surface area contributed by atoms with Gasteiger partial charge in [-0.3, -0.25) is 5.01 Å². The monoisotopic (exact) mass is 317 g/mol. The van der Waals surface area contributed by atoms with Crippen LogP contribution in [0.15, 0.2) is 29.4 Å². The van der Waals surface area contributed by atoms with Crippen molar-refractivity contribution in [2.45, 2.75) is 0 Å². The molecule has 2 rings (SSSR count). The third-order valence-electron chi connectivity index (χ3n) is 2.78. The Morgan fingerprint density at radius 1 is 1.14 bits per heavy atom. The Bertz CT molecular complexity index is 503. The molecule has 118 valence electrons. The Labute approximate surface area is 123 Å². The Kier molecular flexibility index (Phi) is 6.80. The van der Waals surface area contributed by atoms with Crippen molar-refractivity contribution in [3.63, 3.8) is 0 Å². The summed E-state index contributed by atoms with van der Waals surface area (Å²) in [6.07, 6.45) is 1.72. The minimum absolute atomic E-state index is 0.278. The van der Waals surface area contributed by atoms with Crippen LogP contribution in [0, 0.1) is 0 Å². The summed E-state index contributed by atoms with van der Waals surface area (Å²) in [6, 6.07) is 7.23. The molecule has 0 aromatic heterocycles. The molecule has 9 heteroatoms. The van der Waals surface area contributed by atoms with Gasteiger partial charge in [-0.25, -0.2) is 4.57 Å². The van der Waals surface area contributed by atoms with Crippen molar-refractivity contribution in [1.82, 2.24) is 9.91 Å². The molecule has 0 atom stereocenters. The molecule has 0 amide bonds. The quantitative estimate of drug-likeness (QED) is 0.449. The fourth-order valence-corrected chi connectivity index (χ4v) is 1.65. The summed E-state index contributed by atoms with van der Waals surface area (Å²) < 4.78 is 8.88. The van der Waals surface area contributed by atoms with Crippen LogP contribution in [-0.2, 0) is 4.57 Å². The largest absolute Gasteiger partial charge is 0.507 e. The molecule has 4 N–H and O–H groups in total. The average molecular weight is 317 g/mol. The van der Waals surface area contributed by atoms with Crippen molar-refractivity contribution in [2.75, 3.05) is 33.2 Å². The topological polar surface area (TPSA) is 117 Å². The van der Waals surface area contributed by atoms with Crippen molar-refractivity contribution < 1.29 is 24.4 Å². The SMILES string of the molecule is CN1CCN(N=Cc2ccccc2O)CC1.O=P(O)(O)O. The van der Waals surface area contributed by atoms with Crippen LogP contribution in [-0.4, -0.2) is 69.1 Å². The zero-order valence-corrected chi connectivity index (χ0v) is 12.6. The number of piperazine rings is 1. The van der Waals surface area contributed by atoms with Crippen molar-refractivity contribution in [2.24, 2.45) is 5.10 Å². The number of para-hydroxylation sites is 1. The lowest BCUT2D eigenvalue weighted by molar-refractivity contribution is 0.159. The minimum atomic E-state index is -4.64. The summed E-state index contributed by atoms with van der Waals surface area (Å²) in [5.41, 5.74) is 0.765. The molecule has 1 aliphatic rings. The number of aromatic hydroxyl groups is 1. The molecule has 0 spiro atoms. The van der Waals surface area contributed by atoms with Crippen LogP contribution >= 0.6 is 7.82 Å². The highest BCUT2D eigenvalue weighted by Gasteiger charge is 2.10. The number of phosphoric acid groups is 1. The van der Waals surface area contributed by atoms with Crippen LogP contribution in [0.1, 0.15) is 5.56 Å². The van der Waals surface area contributed by atoms with Crippen LogP contribution in [0.5, 0.6) is 5.75 Å². The van der Waals surface area contributed by atoms with E-state index in [4.69, 9.17) is 19.2 Å². The Morgan fingerprint density at radius 3 is 2.19 bits per heavy atom. The maximum atomic E-state index is 9.56. The summed E-state index contributed by atoms with van der Waals surface area (Å²) in [7, 11) is -2.52. The van der Waals surface area contributed by atoms with E-state index in [1.807, 2.05) is 23.2 Å². The number of benzene rings is 1. The lowest BCUT2D eigenvalue weighted by atomic mass is 10.2. The highest BCUT2D eigenvalue weighted by atomic mass is 31.2. The standard InChI is InChI=1S/C12H17N3O.H3O4P/c1-14-6-8-15(9-7-14)13-10-11-4-2-3-5-12(11)16;1-5(2,3)4/h2-5,10,16H,6-9H2,1H3;(H3,1,2,3,4). The van der Waals surface area contributed by atoms with Gasteiger partial charge in [0.15, 0.2) is 0 Å². The molecular weight excluding hydrogens is 297 g/mol. The molecule has 0 saturated carbocycles.